The summed E-state index contributed by atoms with van der Waals surface area (Å²) in [5.41, 5.74) is 2.13. The Labute approximate surface area is 149 Å². The summed E-state index contributed by atoms with van der Waals surface area (Å²) in [7, 11) is 7.24. The first-order valence-electron chi connectivity index (χ1n) is 8.26. The molecule has 136 valence electrons. The quantitative estimate of drug-likeness (QED) is 0.614. The lowest BCUT2D eigenvalue weighted by atomic mass is 10.2. The van der Waals surface area contributed by atoms with Crippen LogP contribution in [0.3, 0.4) is 0 Å². The number of nitrogens with zero attached hydrogens (tertiary/aromatic N) is 4. The van der Waals surface area contributed by atoms with Crippen molar-refractivity contribution in [2.75, 3.05) is 27.8 Å². The smallest absolute Gasteiger partial charge is 0.194 e. The third-order valence-corrected chi connectivity index (χ3v) is 3.91. The molecule has 1 aromatic heterocycles. The Morgan fingerprint density at radius 1 is 1.28 bits per heavy atom. The molecule has 0 amide bonds. The average Bonchev–Trinajstić information content (AvgIpc) is 3.03. The first kappa shape index (κ1) is 18.6. The van der Waals surface area contributed by atoms with E-state index >= 15 is 0 Å². The van der Waals surface area contributed by atoms with Crippen molar-refractivity contribution in [2.24, 2.45) is 12.0 Å². The van der Waals surface area contributed by atoms with Gasteiger partial charge in [-0.25, -0.2) is 4.99 Å². The molecule has 0 fully saturated rings. The van der Waals surface area contributed by atoms with Gasteiger partial charge < -0.3 is 19.7 Å². The lowest BCUT2D eigenvalue weighted by Crippen LogP contribution is -2.38. The summed E-state index contributed by atoms with van der Waals surface area (Å²) >= 11 is 0. The highest BCUT2D eigenvalue weighted by Gasteiger charge is 2.11. The molecule has 0 unspecified atom stereocenters. The molecule has 0 aliphatic heterocycles. The van der Waals surface area contributed by atoms with E-state index in [0.29, 0.717) is 13.1 Å². The average molecular weight is 345 g/mol. The van der Waals surface area contributed by atoms with Crippen molar-refractivity contribution in [3.8, 4) is 11.5 Å². The molecule has 0 aliphatic carbocycles. The minimum atomic E-state index is 0.572. The SMILES string of the molecule is CCNC(=NCc1ccnn1C)N(C)Cc1ccc(OC)cc1OC. The van der Waals surface area contributed by atoms with E-state index in [1.54, 1.807) is 20.4 Å². The summed E-state index contributed by atoms with van der Waals surface area (Å²) in [5.74, 6) is 2.41. The zero-order chi connectivity index (χ0) is 18.2. The summed E-state index contributed by atoms with van der Waals surface area (Å²) < 4.78 is 12.6. The molecule has 0 atom stereocenters. The van der Waals surface area contributed by atoms with Crippen molar-refractivity contribution >= 4 is 5.96 Å². The van der Waals surface area contributed by atoms with Gasteiger partial charge in [-0.1, -0.05) is 0 Å². The molecular weight excluding hydrogens is 318 g/mol. The van der Waals surface area contributed by atoms with E-state index in [1.165, 1.54) is 0 Å². The number of hydrogen-bond acceptors (Lipinski definition) is 4. The molecule has 7 heteroatoms. The molecule has 7 nitrogen and oxygen atoms in total. The van der Waals surface area contributed by atoms with Gasteiger partial charge in [-0.15, -0.1) is 0 Å². The fraction of sp³-hybridized carbons (Fsp3) is 0.444. The van der Waals surface area contributed by atoms with E-state index in [2.05, 4.69) is 22.2 Å². The molecule has 0 saturated carbocycles. The van der Waals surface area contributed by atoms with E-state index in [4.69, 9.17) is 14.5 Å². The van der Waals surface area contributed by atoms with Crippen LogP contribution in [0.5, 0.6) is 11.5 Å². The molecule has 2 rings (SSSR count). The number of aryl methyl sites for hydroxylation is 1. The summed E-state index contributed by atoms with van der Waals surface area (Å²) in [6.45, 7) is 4.10. The second-order valence-corrected chi connectivity index (χ2v) is 5.65. The van der Waals surface area contributed by atoms with Crippen LogP contribution >= 0.6 is 0 Å². The molecular formula is C18H27N5O2. The maximum atomic E-state index is 5.48. The standard InChI is InChI=1S/C18H27N5O2/c1-6-19-18(20-12-15-9-10-21-23(15)3)22(2)13-14-7-8-16(24-4)11-17(14)25-5/h7-11H,6,12-13H2,1-5H3,(H,19,20). The molecule has 0 bridgehead atoms. The van der Waals surface area contributed by atoms with Gasteiger partial charge in [0.05, 0.1) is 26.5 Å². The molecule has 1 N–H and O–H groups in total. The highest BCUT2D eigenvalue weighted by atomic mass is 16.5. The number of benzene rings is 1. The third-order valence-electron chi connectivity index (χ3n) is 3.91. The van der Waals surface area contributed by atoms with E-state index in [1.807, 2.05) is 43.0 Å². The van der Waals surface area contributed by atoms with Crippen LogP contribution in [0.2, 0.25) is 0 Å². The number of ether oxygens (including phenoxy) is 2. The maximum Gasteiger partial charge on any atom is 0.194 e. The van der Waals surface area contributed by atoms with Crippen molar-refractivity contribution in [3.63, 3.8) is 0 Å². The maximum absolute atomic E-state index is 5.48. The normalized spacial score (nSPS) is 11.3. The Morgan fingerprint density at radius 2 is 2.08 bits per heavy atom. The molecule has 0 aliphatic rings. The number of aliphatic imine (C=N–C) groups is 1. The van der Waals surface area contributed by atoms with E-state index in [0.717, 1.165) is 35.3 Å². The van der Waals surface area contributed by atoms with Crippen molar-refractivity contribution in [3.05, 3.63) is 41.7 Å². The van der Waals surface area contributed by atoms with E-state index in [-0.39, 0.29) is 0 Å². The molecule has 0 saturated heterocycles. The topological polar surface area (TPSA) is 63.9 Å². The van der Waals surface area contributed by atoms with E-state index < -0.39 is 0 Å². The summed E-state index contributed by atoms with van der Waals surface area (Å²) in [6.07, 6.45) is 1.78. The van der Waals surface area contributed by atoms with Crippen LogP contribution in [0.4, 0.5) is 0 Å². The number of hydrogen-bond donors (Lipinski definition) is 1. The van der Waals surface area contributed by atoms with Crippen molar-refractivity contribution < 1.29 is 9.47 Å². The van der Waals surface area contributed by atoms with Crippen LogP contribution in [0.15, 0.2) is 35.5 Å². The Morgan fingerprint density at radius 3 is 2.68 bits per heavy atom. The zero-order valence-corrected chi connectivity index (χ0v) is 15.6. The second-order valence-electron chi connectivity index (χ2n) is 5.65. The van der Waals surface area contributed by atoms with Crippen LogP contribution in [-0.2, 0) is 20.1 Å². The highest BCUT2D eigenvalue weighted by molar-refractivity contribution is 5.79. The van der Waals surface area contributed by atoms with Crippen LogP contribution in [0.25, 0.3) is 0 Å². The third kappa shape index (κ3) is 4.89. The van der Waals surface area contributed by atoms with Crippen molar-refractivity contribution in [1.82, 2.24) is 20.0 Å². The first-order chi connectivity index (χ1) is 12.1. The van der Waals surface area contributed by atoms with Gasteiger partial charge in [-0.2, -0.15) is 5.10 Å². The van der Waals surface area contributed by atoms with Gasteiger partial charge in [-0.3, -0.25) is 4.68 Å². The minimum absolute atomic E-state index is 0.572. The summed E-state index contributed by atoms with van der Waals surface area (Å²) in [5, 5.41) is 7.50. The molecule has 0 radical (unpaired) electrons. The van der Waals surface area contributed by atoms with Crippen molar-refractivity contribution in [2.45, 2.75) is 20.0 Å². The first-order valence-corrected chi connectivity index (χ1v) is 8.26. The number of rotatable bonds is 7. The van der Waals surface area contributed by atoms with Crippen molar-refractivity contribution in [1.29, 1.82) is 0 Å². The lowest BCUT2D eigenvalue weighted by molar-refractivity contribution is 0.382. The Hall–Kier alpha value is -2.70. The van der Waals surface area contributed by atoms with Crippen LogP contribution in [0, 0.1) is 0 Å². The summed E-state index contributed by atoms with van der Waals surface area (Å²) in [6, 6.07) is 7.81. The molecule has 0 spiro atoms. The van der Waals surface area contributed by atoms with Gasteiger partial charge in [0.1, 0.15) is 11.5 Å². The molecule has 25 heavy (non-hydrogen) atoms. The fourth-order valence-electron chi connectivity index (χ4n) is 2.49. The van der Waals surface area contributed by atoms with Crippen LogP contribution in [-0.4, -0.2) is 48.5 Å². The number of guanidine groups is 1. The lowest BCUT2D eigenvalue weighted by Gasteiger charge is -2.23. The number of nitrogens with one attached hydrogen (secondary N) is 1. The predicted molar refractivity (Wildman–Crippen MR) is 99.0 cm³/mol. The molecule has 1 heterocycles. The van der Waals surface area contributed by atoms with Gasteiger partial charge in [0, 0.05) is 45.0 Å². The van der Waals surface area contributed by atoms with Gasteiger partial charge in [0.2, 0.25) is 0 Å². The van der Waals surface area contributed by atoms with Gasteiger partial charge in [0.15, 0.2) is 5.96 Å². The number of methoxy groups -OCH3 is 2. The molecule has 1 aromatic carbocycles. The van der Waals surface area contributed by atoms with Gasteiger partial charge in [0.25, 0.3) is 0 Å². The predicted octanol–water partition coefficient (Wildman–Crippen LogP) is 2.03. The second kappa shape index (κ2) is 8.96. The minimum Gasteiger partial charge on any atom is -0.497 e. The van der Waals surface area contributed by atoms with Gasteiger partial charge in [-0.05, 0) is 25.1 Å². The monoisotopic (exact) mass is 345 g/mol. The Balaban J connectivity index is 2.14. The van der Waals surface area contributed by atoms with Crippen LogP contribution < -0.4 is 14.8 Å². The number of aromatic nitrogens is 2. The summed E-state index contributed by atoms with van der Waals surface area (Å²) in [4.78, 5) is 6.78. The van der Waals surface area contributed by atoms with Gasteiger partial charge >= 0.3 is 0 Å². The zero-order valence-electron chi connectivity index (χ0n) is 15.6. The Bertz CT molecular complexity index is 711. The fourth-order valence-corrected chi connectivity index (χ4v) is 2.49. The van der Waals surface area contributed by atoms with E-state index in [9.17, 15) is 0 Å². The highest BCUT2D eigenvalue weighted by Crippen LogP contribution is 2.25. The van der Waals surface area contributed by atoms with Crippen LogP contribution in [0.1, 0.15) is 18.2 Å². The largest absolute Gasteiger partial charge is 0.497 e. The molecule has 2 aromatic rings. The Kier molecular flexibility index (Phi) is 6.68.